The number of nitrogen functional groups attached to an aromatic ring is 1. The van der Waals surface area contributed by atoms with Gasteiger partial charge in [-0.25, -0.2) is 13.8 Å². The van der Waals surface area contributed by atoms with Gasteiger partial charge >= 0.3 is 0 Å². The van der Waals surface area contributed by atoms with Crippen molar-refractivity contribution in [3.63, 3.8) is 0 Å². The number of aromatic nitrogens is 1. The van der Waals surface area contributed by atoms with Crippen molar-refractivity contribution in [1.82, 2.24) is 10.3 Å². The molecule has 0 saturated heterocycles. The molecule has 0 saturated carbocycles. The van der Waals surface area contributed by atoms with Crippen molar-refractivity contribution in [2.75, 3.05) is 5.73 Å². The van der Waals surface area contributed by atoms with E-state index in [2.05, 4.69) is 10.3 Å². The Kier molecular flexibility index (Phi) is 7.65. The first kappa shape index (κ1) is 27.4. The normalized spacial score (nSPS) is 11.2. The number of carbonyl (C=O) groups excluding carboxylic acids is 1. The van der Waals surface area contributed by atoms with Gasteiger partial charge in [-0.15, -0.1) is 0 Å². The predicted molar refractivity (Wildman–Crippen MR) is 163 cm³/mol. The second kappa shape index (κ2) is 12.0. The maximum Gasteiger partial charge on any atom is 0.244 e. The molecular weight excluding hydrogens is 548 g/mol. The van der Waals surface area contributed by atoms with Crippen LogP contribution in [-0.4, -0.2) is 10.9 Å². The van der Waals surface area contributed by atoms with Crippen LogP contribution in [0.3, 0.4) is 0 Å². The smallest absolute Gasteiger partial charge is 0.244 e. The zero-order valence-corrected chi connectivity index (χ0v) is 22.8. The predicted octanol–water partition coefficient (Wildman–Crippen LogP) is 8.14. The SMILES string of the molecule is Nc1ccc(/C=C/C(=O)NCc2cc3cc(-c4ccc(Oc5ccc(F)cc5)cc4)cc(-c4ccc(F)cc4)c3o2)cn1. The lowest BCUT2D eigenvalue weighted by Crippen LogP contribution is -2.19. The molecule has 0 radical (unpaired) electrons. The number of anilines is 1. The standard InChI is InChI=1S/C35H25F2N3O3/c36-27-7-3-24(4-8-27)32-19-25(23-5-11-29(12-6-23)42-30-13-9-28(37)10-14-30)17-26-18-31(43-35(26)32)21-40-34(41)16-2-22-1-15-33(38)39-20-22/h1-20H,21H2,(H2,38,39)(H,40,41)/b16-2+. The van der Waals surface area contributed by atoms with Gasteiger partial charge in [0, 0.05) is 23.2 Å². The highest BCUT2D eigenvalue weighted by Crippen LogP contribution is 2.37. The summed E-state index contributed by atoms with van der Waals surface area (Å²) in [5.41, 5.74) is 10.4. The number of carbonyl (C=O) groups is 1. The van der Waals surface area contributed by atoms with E-state index in [1.165, 1.54) is 30.3 Å². The molecular formula is C35H25F2N3O3. The number of fused-ring (bicyclic) bond motifs is 1. The minimum absolute atomic E-state index is 0.172. The molecule has 0 aliphatic rings. The number of nitrogens with one attached hydrogen (secondary N) is 1. The Labute approximate surface area is 246 Å². The van der Waals surface area contributed by atoms with E-state index in [0.29, 0.717) is 28.7 Å². The van der Waals surface area contributed by atoms with Gasteiger partial charge in [-0.3, -0.25) is 4.79 Å². The first-order valence-corrected chi connectivity index (χ1v) is 13.4. The van der Waals surface area contributed by atoms with E-state index in [0.717, 1.165) is 33.2 Å². The third-order valence-electron chi connectivity index (χ3n) is 6.73. The van der Waals surface area contributed by atoms with Gasteiger partial charge in [0.2, 0.25) is 5.91 Å². The Hall–Kier alpha value is -5.76. The zero-order valence-electron chi connectivity index (χ0n) is 22.8. The molecule has 0 aliphatic carbocycles. The van der Waals surface area contributed by atoms with Crippen LogP contribution >= 0.6 is 0 Å². The molecule has 1 amide bonds. The topological polar surface area (TPSA) is 90.4 Å². The number of hydrogen-bond acceptors (Lipinski definition) is 5. The van der Waals surface area contributed by atoms with Crippen molar-refractivity contribution in [3.05, 3.63) is 138 Å². The van der Waals surface area contributed by atoms with Gasteiger partial charge in [-0.05, 0) is 107 Å². The van der Waals surface area contributed by atoms with E-state index in [-0.39, 0.29) is 24.1 Å². The quantitative estimate of drug-likeness (QED) is 0.179. The number of hydrogen-bond donors (Lipinski definition) is 2. The molecule has 6 aromatic rings. The Balaban J connectivity index is 1.26. The van der Waals surface area contributed by atoms with Crippen molar-refractivity contribution < 1.29 is 22.7 Å². The molecule has 43 heavy (non-hydrogen) atoms. The van der Waals surface area contributed by atoms with Gasteiger partial charge in [0.05, 0.1) is 6.54 Å². The van der Waals surface area contributed by atoms with Gasteiger partial charge in [0.1, 0.15) is 40.3 Å². The maximum absolute atomic E-state index is 13.7. The first-order chi connectivity index (χ1) is 20.9. The van der Waals surface area contributed by atoms with E-state index >= 15 is 0 Å². The summed E-state index contributed by atoms with van der Waals surface area (Å²) in [5.74, 6) is 1.15. The zero-order chi connectivity index (χ0) is 29.8. The summed E-state index contributed by atoms with van der Waals surface area (Å²) in [6.45, 7) is 0.172. The van der Waals surface area contributed by atoms with Crippen LogP contribution in [-0.2, 0) is 11.3 Å². The molecule has 0 aliphatic heterocycles. The largest absolute Gasteiger partial charge is 0.459 e. The van der Waals surface area contributed by atoms with Crippen LogP contribution in [0.4, 0.5) is 14.6 Å². The van der Waals surface area contributed by atoms with Gasteiger partial charge in [0.25, 0.3) is 0 Å². The molecule has 0 spiro atoms. The Morgan fingerprint density at radius 3 is 2.14 bits per heavy atom. The number of ether oxygens (including phenoxy) is 1. The van der Waals surface area contributed by atoms with Gasteiger partial charge in [-0.2, -0.15) is 0 Å². The number of amides is 1. The van der Waals surface area contributed by atoms with Crippen molar-refractivity contribution >= 4 is 28.8 Å². The summed E-state index contributed by atoms with van der Waals surface area (Å²) in [7, 11) is 0. The Morgan fingerprint density at radius 2 is 1.47 bits per heavy atom. The molecule has 2 aromatic heterocycles. The van der Waals surface area contributed by atoms with Crippen LogP contribution in [0.15, 0.2) is 120 Å². The van der Waals surface area contributed by atoms with Crippen molar-refractivity contribution in [1.29, 1.82) is 0 Å². The summed E-state index contributed by atoms with van der Waals surface area (Å²) in [6, 6.07) is 28.9. The molecule has 4 aromatic carbocycles. The van der Waals surface area contributed by atoms with Crippen LogP contribution in [0.1, 0.15) is 11.3 Å². The summed E-state index contributed by atoms with van der Waals surface area (Å²) in [4.78, 5) is 16.4. The van der Waals surface area contributed by atoms with E-state index in [9.17, 15) is 13.6 Å². The van der Waals surface area contributed by atoms with Crippen molar-refractivity contribution in [2.45, 2.75) is 6.54 Å². The highest BCUT2D eigenvalue weighted by molar-refractivity contribution is 5.97. The summed E-state index contributed by atoms with van der Waals surface area (Å²) in [6.07, 6.45) is 4.65. The van der Waals surface area contributed by atoms with Crippen LogP contribution in [0, 0.1) is 11.6 Å². The second-order valence-corrected chi connectivity index (χ2v) is 9.81. The minimum Gasteiger partial charge on any atom is -0.459 e. The average Bonchev–Trinajstić information content (AvgIpc) is 3.44. The first-order valence-electron chi connectivity index (χ1n) is 13.4. The Morgan fingerprint density at radius 1 is 0.814 bits per heavy atom. The highest BCUT2D eigenvalue weighted by Gasteiger charge is 2.14. The molecule has 3 N–H and O–H groups in total. The fraction of sp³-hybridized carbons (Fsp3) is 0.0286. The monoisotopic (exact) mass is 573 g/mol. The van der Waals surface area contributed by atoms with Gasteiger partial charge in [-0.1, -0.05) is 24.3 Å². The molecule has 0 unspecified atom stereocenters. The fourth-order valence-corrected chi connectivity index (χ4v) is 4.58. The molecule has 6 rings (SSSR count). The Bertz CT molecular complexity index is 1910. The maximum atomic E-state index is 13.7. The van der Waals surface area contributed by atoms with Gasteiger partial charge < -0.3 is 20.2 Å². The van der Waals surface area contributed by atoms with Crippen molar-refractivity contribution in [3.8, 4) is 33.8 Å². The third-order valence-corrected chi connectivity index (χ3v) is 6.73. The molecule has 212 valence electrons. The molecule has 8 heteroatoms. The summed E-state index contributed by atoms with van der Waals surface area (Å²) < 4.78 is 39.0. The number of halogens is 2. The number of nitrogens with two attached hydrogens (primary N) is 1. The summed E-state index contributed by atoms with van der Waals surface area (Å²) in [5, 5.41) is 3.66. The van der Waals surface area contributed by atoms with Crippen LogP contribution in [0.5, 0.6) is 11.5 Å². The van der Waals surface area contributed by atoms with Crippen LogP contribution < -0.4 is 15.8 Å². The number of furan rings is 1. The summed E-state index contributed by atoms with van der Waals surface area (Å²) >= 11 is 0. The minimum atomic E-state index is -0.335. The fourth-order valence-electron chi connectivity index (χ4n) is 4.58. The number of nitrogens with zero attached hydrogens (tertiary/aromatic N) is 1. The molecule has 0 bridgehead atoms. The van der Waals surface area contributed by atoms with Gasteiger partial charge in [0.15, 0.2) is 0 Å². The molecule has 6 nitrogen and oxygen atoms in total. The van der Waals surface area contributed by atoms with E-state index in [4.69, 9.17) is 14.9 Å². The lowest BCUT2D eigenvalue weighted by Gasteiger charge is -2.10. The van der Waals surface area contributed by atoms with E-state index in [1.54, 1.807) is 48.7 Å². The number of benzene rings is 4. The highest BCUT2D eigenvalue weighted by atomic mass is 19.1. The third kappa shape index (κ3) is 6.60. The van der Waals surface area contributed by atoms with Crippen LogP contribution in [0.2, 0.25) is 0 Å². The number of pyridine rings is 1. The van der Waals surface area contributed by atoms with Crippen LogP contribution in [0.25, 0.3) is 39.3 Å². The van der Waals surface area contributed by atoms with E-state index < -0.39 is 0 Å². The molecule has 2 heterocycles. The number of rotatable bonds is 8. The average molecular weight is 574 g/mol. The van der Waals surface area contributed by atoms with Crippen molar-refractivity contribution in [2.24, 2.45) is 0 Å². The molecule has 0 atom stereocenters. The second-order valence-electron chi connectivity index (χ2n) is 9.81. The lowest BCUT2D eigenvalue weighted by molar-refractivity contribution is -0.116. The molecule has 0 fully saturated rings. The van der Waals surface area contributed by atoms with E-state index in [1.807, 2.05) is 42.5 Å². The lowest BCUT2D eigenvalue weighted by atomic mass is 9.96.